The van der Waals surface area contributed by atoms with E-state index in [4.69, 9.17) is 16.3 Å². The second kappa shape index (κ2) is 2.88. The maximum Gasteiger partial charge on any atom is 0.137 e. The van der Waals surface area contributed by atoms with Crippen LogP contribution in [0.15, 0.2) is 12.3 Å². The summed E-state index contributed by atoms with van der Waals surface area (Å²) >= 11 is 5.67. The van der Waals surface area contributed by atoms with E-state index in [0.717, 1.165) is 11.3 Å². The second-order valence-electron chi connectivity index (χ2n) is 1.98. The van der Waals surface area contributed by atoms with Crippen LogP contribution in [0.2, 0.25) is 5.15 Å². The van der Waals surface area contributed by atoms with Crippen molar-refractivity contribution in [2.45, 2.75) is 6.92 Å². The van der Waals surface area contributed by atoms with Crippen molar-refractivity contribution < 1.29 is 4.74 Å². The molecule has 0 fully saturated rings. The average molecular weight is 158 g/mol. The molecule has 0 radical (unpaired) electrons. The summed E-state index contributed by atoms with van der Waals surface area (Å²) in [7, 11) is 1.60. The number of aryl methyl sites for hydroxylation is 1. The zero-order valence-corrected chi connectivity index (χ0v) is 6.64. The van der Waals surface area contributed by atoms with Gasteiger partial charge < -0.3 is 4.74 Å². The molecule has 0 saturated carbocycles. The Labute approximate surface area is 64.8 Å². The van der Waals surface area contributed by atoms with E-state index >= 15 is 0 Å². The van der Waals surface area contributed by atoms with Crippen LogP contribution in [0.3, 0.4) is 0 Å². The highest BCUT2D eigenvalue weighted by Gasteiger charge is 1.96. The van der Waals surface area contributed by atoms with Crippen LogP contribution in [-0.2, 0) is 0 Å². The lowest BCUT2D eigenvalue weighted by Gasteiger charge is -1.99. The van der Waals surface area contributed by atoms with Gasteiger partial charge in [0.25, 0.3) is 0 Å². The van der Waals surface area contributed by atoms with Crippen LogP contribution >= 0.6 is 11.6 Å². The molecule has 1 aromatic heterocycles. The number of halogens is 1. The predicted octanol–water partition coefficient (Wildman–Crippen LogP) is 2.05. The summed E-state index contributed by atoms with van der Waals surface area (Å²) in [6.45, 7) is 1.89. The number of hydrogen-bond donors (Lipinski definition) is 0. The van der Waals surface area contributed by atoms with Crippen molar-refractivity contribution in [1.29, 1.82) is 0 Å². The van der Waals surface area contributed by atoms with E-state index in [2.05, 4.69) is 4.98 Å². The molecule has 0 unspecified atom stereocenters. The van der Waals surface area contributed by atoms with Gasteiger partial charge >= 0.3 is 0 Å². The molecule has 0 bridgehead atoms. The molecule has 1 aromatic rings. The molecule has 2 nitrogen and oxygen atoms in total. The molecular formula is C7H8ClNO. The first-order valence-electron chi connectivity index (χ1n) is 2.90. The zero-order chi connectivity index (χ0) is 7.56. The zero-order valence-electron chi connectivity index (χ0n) is 5.89. The molecule has 0 N–H and O–H groups in total. The molecule has 54 valence electrons. The largest absolute Gasteiger partial charge is 0.495 e. The predicted molar refractivity (Wildman–Crippen MR) is 40.5 cm³/mol. The van der Waals surface area contributed by atoms with Crippen LogP contribution in [0.4, 0.5) is 0 Å². The van der Waals surface area contributed by atoms with Gasteiger partial charge in [-0.2, -0.15) is 0 Å². The van der Waals surface area contributed by atoms with E-state index in [1.807, 2.05) is 13.0 Å². The Kier molecular flexibility index (Phi) is 2.12. The third kappa shape index (κ3) is 1.39. The Morgan fingerprint density at radius 1 is 1.60 bits per heavy atom. The van der Waals surface area contributed by atoms with E-state index in [-0.39, 0.29) is 0 Å². The fraction of sp³-hybridized carbons (Fsp3) is 0.286. The summed E-state index contributed by atoms with van der Waals surface area (Å²) in [5.41, 5.74) is 0.931. The van der Waals surface area contributed by atoms with Crippen LogP contribution in [-0.4, -0.2) is 12.1 Å². The fourth-order valence-corrected chi connectivity index (χ4v) is 0.747. The molecule has 0 spiro atoms. The summed E-state index contributed by atoms with van der Waals surface area (Å²) in [5.74, 6) is 0.738. The van der Waals surface area contributed by atoms with E-state index in [9.17, 15) is 0 Å². The molecule has 3 heteroatoms. The Hall–Kier alpha value is -0.760. The van der Waals surface area contributed by atoms with E-state index in [1.165, 1.54) is 0 Å². The Morgan fingerprint density at radius 2 is 2.30 bits per heavy atom. The molecule has 0 aliphatic carbocycles. The molecule has 1 heterocycles. The van der Waals surface area contributed by atoms with E-state index in [0.29, 0.717) is 5.15 Å². The van der Waals surface area contributed by atoms with Gasteiger partial charge in [-0.1, -0.05) is 11.6 Å². The van der Waals surface area contributed by atoms with Crippen LogP contribution in [0.25, 0.3) is 0 Å². The van der Waals surface area contributed by atoms with Gasteiger partial charge in [0.15, 0.2) is 0 Å². The van der Waals surface area contributed by atoms with E-state index in [1.54, 1.807) is 13.3 Å². The summed E-state index contributed by atoms with van der Waals surface area (Å²) in [6, 6.07) is 1.84. The van der Waals surface area contributed by atoms with Crippen LogP contribution in [0.5, 0.6) is 5.75 Å². The van der Waals surface area contributed by atoms with Crippen LogP contribution in [0, 0.1) is 6.92 Å². The van der Waals surface area contributed by atoms with E-state index < -0.39 is 0 Å². The van der Waals surface area contributed by atoms with Crippen LogP contribution in [0.1, 0.15) is 5.56 Å². The highest BCUT2D eigenvalue weighted by molar-refractivity contribution is 6.30. The second-order valence-corrected chi connectivity index (χ2v) is 2.34. The molecule has 0 saturated heterocycles. The summed E-state index contributed by atoms with van der Waals surface area (Å²) in [6.07, 6.45) is 1.59. The first-order valence-corrected chi connectivity index (χ1v) is 3.28. The van der Waals surface area contributed by atoms with Gasteiger partial charge in [0.1, 0.15) is 10.9 Å². The number of pyridine rings is 1. The lowest BCUT2D eigenvalue weighted by atomic mass is 10.3. The van der Waals surface area contributed by atoms with Gasteiger partial charge in [-0.25, -0.2) is 4.98 Å². The Morgan fingerprint density at radius 3 is 2.80 bits per heavy atom. The van der Waals surface area contributed by atoms with Gasteiger partial charge in [-0.05, 0) is 18.6 Å². The third-order valence-electron chi connectivity index (χ3n) is 1.23. The van der Waals surface area contributed by atoms with Crippen molar-refractivity contribution >= 4 is 11.6 Å². The lowest BCUT2D eigenvalue weighted by Crippen LogP contribution is -1.86. The fourth-order valence-electron chi connectivity index (χ4n) is 0.644. The number of methoxy groups -OCH3 is 1. The normalized spacial score (nSPS) is 9.50. The highest BCUT2D eigenvalue weighted by Crippen LogP contribution is 2.16. The molecule has 10 heavy (non-hydrogen) atoms. The van der Waals surface area contributed by atoms with Crippen molar-refractivity contribution in [3.05, 3.63) is 23.0 Å². The third-order valence-corrected chi connectivity index (χ3v) is 1.62. The number of ether oxygens (including phenoxy) is 1. The molecule has 1 rings (SSSR count). The molecular weight excluding hydrogens is 150 g/mol. The molecule has 0 aromatic carbocycles. The number of nitrogens with zero attached hydrogens (tertiary/aromatic N) is 1. The molecule has 0 aliphatic heterocycles. The van der Waals surface area contributed by atoms with Gasteiger partial charge in [0.05, 0.1) is 13.3 Å². The molecule has 0 aliphatic rings. The summed E-state index contributed by atoms with van der Waals surface area (Å²) < 4.78 is 4.93. The molecule has 0 atom stereocenters. The van der Waals surface area contributed by atoms with Gasteiger partial charge in [-0.15, -0.1) is 0 Å². The van der Waals surface area contributed by atoms with Crippen molar-refractivity contribution in [3.8, 4) is 5.75 Å². The van der Waals surface area contributed by atoms with Crippen molar-refractivity contribution in [2.75, 3.05) is 7.11 Å². The molecule has 0 amide bonds. The number of aromatic nitrogens is 1. The minimum atomic E-state index is 0.529. The van der Waals surface area contributed by atoms with Gasteiger partial charge in [0.2, 0.25) is 0 Å². The van der Waals surface area contributed by atoms with Gasteiger partial charge in [0, 0.05) is 0 Å². The first-order chi connectivity index (χ1) is 4.74. The average Bonchev–Trinajstić information content (AvgIpc) is 1.95. The first kappa shape index (κ1) is 7.35. The van der Waals surface area contributed by atoms with Crippen molar-refractivity contribution in [2.24, 2.45) is 0 Å². The number of hydrogen-bond acceptors (Lipinski definition) is 2. The highest BCUT2D eigenvalue weighted by atomic mass is 35.5. The topological polar surface area (TPSA) is 22.1 Å². The van der Waals surface area contributed by atoms with Crippen LogP contribution < -0.4 is 4.74 Å². The SMILES string of the molecule is COc1cnc(Cl)c(C)c1. The smallest absolute Gasteiger partial charge is 0.137 e. The Balaban J connectivity index is 3.04. The minimum Gasteiger partial charge on any atom is -0.495 e. The maximum absolute atomic E-state index is 5.67. The standard InChI is InChI=1S/C7H8ClNO/c1-5-3-6(10-2)4-9-7(5)8/h3-4H,1-2H3. The Bertz CT molecular complexity index is 237. The van der Waals surface area contributed by atoms with Crippen molar-refractivity contribution in [3.63, 3.8) is 0 Å². The van der Waals surface area contributed by atoms with Gasteiger partial charge in [-0.3, -0.25) is 0 Å². The monoisotopic (exact) mass is 157 g/mol. The maximum atomic E-state index is 5.67. The lowest BCUT2D eigenvalue weighted by molar-refractivity contribution is 0.412. The minimum absolute atomic E-state index is 0.529. The summed E-state index contributed by atoms with van der Waals surface area (Å²) in [4.78, 5) is 3.89. The van der Waals surface area contributed by atoms with Crippen molar-refractivity contribution in [1.82, 2.24) is 4.98 Å². The summed E-state index contributed by atoms with van der Waals surface area (Å²) in [5, 5.41) is 0.529. The quantitative estimate of drug-likeness (QED) is 0.583. The number of rotatable bonds is 1.